The van der Waals surface area contributed by atoms with Gasteiger partial charge in [-0.05, 0) is 18.6 Å². The number of furan rings is 1. The number of rotatable bonds is 4. The Hall–Kier alpha value is -2.17. The Bertz CT molecular complexity index is 617. The normalized spacial score (nSPS) is 10.7. The fraction of sp³-hybridized carbons (Fsp3) is 0.214. The third kappa shape index (κ3) is 2.50. The van der Waals surface area contributed by atoms with Crippen molar-refractivity contribution in [2.24, 2.45) is 0 Å². The average molecular weight is 266 g/mol. The third-order valence-electron chi connectivity index (χ3n) is 2.78. The molecule has 0 spiro atoms. The van der Waals surface area contributed by atoms with Crippen LogP contribution in [0, 0.1) is 11.6 Å². The number of hydrogen-bond donors (Lipinski definition) is 1. The maximum absolute atomic E-state index is 13.7. The van der Waals surface area contributed by atoms with Crippen LogP contribution in [0.2, 0.25) is 0 Å². The van der Waals surface area contributed by atoms with E-state index in [1.54, 1.807) is 0 Å². The number of halogens is 2. The molecule has 1 aromatic carbocycles. The zero-order chi connectivity index (χ0) is 14.0. The molecule has 0 unspecified atom stereocenters. The Morgan fingerprint density at radius 2 is 2.05 bits per heavy atom. The number of benzene rings is 1. The van der Waals surface area contributed by atoms with Gasteiger partial charge in [-0.15, -0.1) is 0 Å². The quantitative estimate of drug-likeness (QED) is 0.913. The van der Waals surface area contributed by atoms with E-state index in [-0.39, 0.29) is 16.7 Å². The highest BCUT2D eigenvalue weighted by atomic mass is 19.1. The Labute approximate surface area is 108 Å². The molecule has 5 heteroatoms. The Balaban J connectivity index is 2.58. The van der Waals surface area contributed by atoms with Crippen LogP contribution in [0.15, 0.2) is 28.9 Å². The fourth-order valence-electron chi connectivity index (χ4n) is 1.95. The molecule has 19 heavy (non-hydrogen) atoms. The predicted molar refractivity (Wildman–Crippen MR) is 65.0 cm³/mol. The summed E-state index contributed by atoms with van der Waals surface area (Å²) < 4.78 is 31.8. The summed E-state index contributed by atoms with van der Waals surface area (Å²) in [6.07, 6.45) is 2.36. The highest BCUT2D eigenvalue weighted by Gasteiger charge is 2.22. The van der Waals surface area contributed by atoms with Crippen molar-refractivity contribution in [2.75, 3.05) is 0 Å². The van der Waals surface area contributed by atoms with Gasteiger partial charge in [0.2, 0.25) is 0 Å². The standard InChI is InChI=1S/C14H12F2O3/c1-2-3-12-13(14(17)18)10(7-19-12)9-5-4-8(15)6-11(9)16/h4-7H,2-3H2,1H3,(H,17,18). The van der Waals surface area contributed by atoms with E-state index < -0.39 is 17.6 Å². The van der Waals surface area contributed by atoms with Gasteiger partial charge in [-0.25, -0.2) is 13.6 Å². The lowest BCUT2D eigenvalue weighted by Crippen LogP contribution is -2.02. The summed E-state index contributed by atoms with van der Waals surface area (Å²) in [4.78, 5) is 11.3. The second-order valence-corrected chi connectivity index (χ2v) is 4.13. The van der Waals surface area contributed by atoms with Crippen LogP contribution < -0.4 is 0 Å². The minimum absolute atomic E-state index is 0.0184. The molecule has 3 nitrogen and oxygen atoms in total. The van der Waals surface area contributed by atoms with Crippen LogP contribution in [0.1, 0.15) is 29.5 Å². The first-order valence-electron chi connectivity index (χ1n) is 5.83. The number of aromatic carboxylic acids is 1. The molecular weight excluding hydrogens is 254 g/mol. The highest BCUT2D eigenvalue weighted by molar-refractivity contribution is 5.97. The highest BCUT2D eigenvalue weighted by Crippen LogP contribution is 2.31. The fourth-order valence-corrected chi connectivity index (χ4v) is 1.95. The first kappa shape index (κ1) is 13.3. The summed E-state index contributed by atoms with van der Waals surface area (Å²) in [6, 6.07) is 3.00. The molecule has 2 rings (SSSR count). The molecule has 1 N–H and O–H groups in total. The third-order valence-corrected chi connectivity index (χ3v) is 2.78. The van der Waals surface area contributed by atoms with Crippen molar-refractivity contribution in [3.8, 4) is 11.1 Å². The number of carbonyl (C=O) groups is 1. The minimum Gasteiger partial charge on any atom is -0.478 e. The van der Waals surface area contributed by atoms with Crippen LogP contribution in [0.3, 0.4) is 0 Å². The zero-order valence-electron chi connectivity index (χ0n) is 10.2. The lowest BCUT2D eigenvalue weighted by molar-refractivity contribution is 0.0695. The largest absolute Gasteiger partial charge is 0.478 e. The van der Waals surface area contributed by atoms with Crippen molar-refractivity contribution >= 4 is 5.97 Å². The van der Waals surface area contributed by atoms with Gasteiger partial charge < -0.3 is 9.52 Å². The molecule has 2 aromatic rings. The molecule has 0 aliphatic carbocycles. The molecule has 0 amide bonds. The van der Waals surface area contributed by atoms with Gasteiger partial charge in [0.1, 0.15) is 23.0 Å². The van der Waals surface area contributed by atoms with E-state index >= 15 is 0 Å². The van der Waals surface area contributed by atoms with Gasteiger partial charge in [0.25, 0.3) is 0 Å². The maximum atomic E-state index is 13.7. The number of carboxylic acid groups (broad SMARTS) is 1. The summed E-state index contributed by atoms with van der Waals surface area (Å²) in [7, 11) is 0. The molecular formula is C14H12F2O3. The van der Waals surface area contributed by atoms with Crippen molar-refractivity contribution in [3.63, 3.8) is 0 Å². The number of carboxylic acids is 1. The summed E-state index contributed by atoms with van der Waals surface area (Å²) >= 11 is 0. The summed E-state index contributed by atoms with van der Waals surface area (Å²) in [5.74, 6) is -2.41. The molecule has 0 fully saturated rings. The molecule has 1 heterocycles. The Kier molecular flexibility index (Phi) is 3.64. The molecule has 0 aliphatic rings. The van der Waals surface area contributed by atoms with Crippen LogP contribution >= 0.6 is 0 Å². The molecule has 0 aliphatic heterocycles. The first-order chi connectivity index (χ1) is 9.04. The van der Waals surface area contributed by atoms with Crippen LogP contribution in [0.5, 0.6) is 0 Å². The molecule has 0 radical (unpaired) electrons. The van der Waals surface area contributed by atoms with Crippen molar-refractivity contribution in [1.29, 1.82) is 0 Å². The molecule has 100 valence electrons. The van der Waals surface area contributed by atoms with Gasteiger partial charge in [-0.1, -0.05) is 6.92 Å². The van der Waals surface area contributed by atoms with Gasteiger partial charge in [0, 0.05) is 23.6 Å². The van der Waals surface area contributed by atoms with E-state index in [1.165, 1.54) is 12.3 Å². The second kappa shape index (κ2) is 5.22. The summed E-state index contributed by atoms with van der Waals surface area (Å²) in [6.45, 7) is 1.88. The monoisotopic (exact) mass is 266 g/mol. The lowest BCUT2D eigenvalue weighted by Gasteiger charge is -2.03. The minimum atomic E-state index is -1.18. The van der Waals surface area contributed by atoms with Crippen molar-refractivity contribution < 1.29 is 23.1 Å². The molecule has 0 atom stereocenters. The van der Waals surface area contributed by atoms with Crippen LogP contribution in [-0.4, -0.2) is 11.1 Å². The number of hydrogen-bond acceptors (Lipinski definition) is 2. The van der Waals surface area contributed by atoms with Gasteiger partial charge >= 0.3 is 5.97 Å². The summed E-state index contributed by atoms with van der Waals surface area (Å²) in [5, 5.41) is 9.21. The molecule has 0 bridgehead atoms. The van der Waals surface area contributed by atoms with Crippen LogP contribution in [0.4, 0.5) is 8.78 Å². The summed E-state index contributed by atoms with van der Waals surface area (Å²) in [5.41, 5.74) is 0.0886. The zero-order valence-corrected chi connectivity index (χ0v) is 10.2. The van der Waals surface area contributed by atoms with Gasteiger partial charge in [0.05, 0.1) is 6.26 Å². The Morgan fingerprint density at radius 3 is 2.63 bits per heavy atom. The molecule has 0 saturated heterocycles. The smallest absolute Gasteiger partial charge is 0.339 e. The van der Waals surface area contributed by atoms with E-state index in [0.717, 1.165) is 6.07 Å². The van der Waals surface area contributed by atoms with Gasteiger partial charge in [-0.2, -0.15) is 0 Å². The van der Waals surface area contributed by atoms with E-state index in [2.05, 4.69) is 0 Å². The van der Waals surface area contributed by atoms with Gasteiger partial charge in [-0.3, -0.25) is 0 Å². The van der Waals surface area contributed by atoms with Crippen LogP contribution in [-0.2, 0) is 6.42 Å². The topological polar surface area (TPSA) is 50.4 Å². The van der Waals surface area contributed by atoms with Crippen LogP contribution in [0.25, 0.3) is 11.1 Å². The van der Waals surface area contributed by atoms with E-state index in [9.17, 15) is 18.7 Å². The lowest BCUT2D eigenvalue weighted by atomic mass is 10.0. The SMILES string of the molecule is CCCc1occ(-c2ccc(F)cc2F)c1C(=O)O. The van der Waals surface area contributed by atoms with Crippen molar-refractivity contribution in [1.82, 2.24) is 0 Å². The second-order valence-electron chi connectivity index (χ2n) is 4.13. The van der Waals surface area contributed by atoms with Gasteiger partial charge in [0.15, 0.2) is 0 Å². The Morgan fingerprint density at radius 1 is 1.32 bits per heavy atom. The van der Waals surface area contributed by atoms with E-state index in [1.807, 2.05) is 6.92 Å². The molecule has 0 saturated carbocycles. The van der Waals surface area contributed by atoms with E-state index in [4.69, 9.17) is 4.42 Å². The first-order valence-corrected chi connectivity index (χ1v) is 5.83. The molecule has 1 aromatic heterocycles. The van der Waals surface area contributed by atoms with Crippen molar-refractivity contribution in [3.05, 3.63) is 47.4 Å². The van der Waals surface area contributed by atoms with E-state index in [0.29, 0.717) is 24.7 Å². The number of aryl methyl sites for hydroxylation is 1. The predicted octanol–water partition coefficient (Wildman–Crippen LogP) is 3.88. The maximum Gasteiger partial charge on any atom is 0.339 e. The average Bonchev–Trinajstić information content (AvgIpc) is 2.73. The van der Waals surface area contributed by atoms with Crippen molar-refractivity contribution in [2.45, 2.75) is 19.8 Å².